The maximum Gasteiger partial charge on any atom is 0.164 e. The molecule has 1 heterocycles. The summed E-state index contributed by atoms with van der Waals surface area (Å²) >= 11 is 0. The fourth-order valence-corrected chi connectivity index (χ4v) is 2.06. The van der Waals surface area contributed by atoms with E-state index >= 15 is 0 Å². The number of hydrogen-bond donors (Lipinski definition) is 2. The van der Waals surface area contributed by atoms with Crippen LogP contribution in [0.15, 0.2) is 30.6 Å². The van der Waals surface area contributed by atoms with Crippen molar-refractivity contribution in [3.63, 3.8) is 0 Å². The van der Waals surface area contributed by atoms with Gasteiger partial charge in [-0.05, 0) is 12.5 Å². The molecule has 1 atom stereocenters. The number of hydrazine groups is 1. The number of rotatable bonds is 5. The van der Waals surface area contributed by atoms with Gasteiger partial charge in [0.25, 0.3) is 0 Å². The van der Waals surface area contributed by atoms with Crippen LogP contribution < -0.4 is 11.3 Å². The zero-order valence-electron chi connectivity index (χ0n) is 10.6. The van der Waals surface area contributed by atoms with Crippen LogP contribution in [0, 0.1) is 11.6 Å². The Morgan fingerprint density at radius 1 is 1.42 bits per heavy atom. The summed E-state index contributed by atoms with van der Waals surface area (Å²) in [7, 11) is 0. The summed E-state index contributed by atoms with van der Waals surface area (Å²) in [6.07, 6.45) is 4.32. The Morgan fingerprint density at radius 3 is 2.89 bits per heavy atom. The summed E-state index contributed by atoms with van der Waals surface area (Å²) in [5, 5.41) is 0. The minimum Gasteiger partial charge on any atom is -0.333 e. The van der Waals surface area contributed by atoms with Crippen molar-refractivity contribution in [2.45, 2.75) is 25.9 Å². The first-order valence-corrected chi connectivity index (χ1v) is 6.10. The van der Waals surface area contributed by atoms with Crippen molar-refractivity contribution in [1.29, 1.82) is 0 Å². The lowest BCUT2D eigenvalue weighted by molar-refractivity contribution is 0.470. The fraction of sp³-hybridized carbons (Fsp3) is 0.308. The summed E-state index contributed by atoms with van der Waals surface area (Å²) in [5.74, 6) is 4.25. The lowest BCUT2D eigenvalue weighted by Gasteiger charge is -2.18. The minimum atomic E-state index is -0.906. The average Bonchev–Trinajstić information content (AvgIpc) is 2.84. The number of aromatic nitrogens is 2. The van der Waals surface area contributed by atoms with E-state index in [4.69, 9.17) is 5.84 Å². The van der Waals surface area contributed by atoms with Gasteiger partial charge in [-0.3, -0.25) is 5.84 Å². The molecule has 0 saturated carbocycles. The number of benzene rings is 1. The highest BCUT2D eigenvalue weighted by molar-refractivity contribution is 5.27. The van der Waals surface area contributed by atoms with Crippen molar-refractivity contribution in [3.05, 3.63) is 53.6 Å². The van der Waals surface area contributed by atoms with E-state index in [1.165, 1.54) is 12.1 Å². The molecule has 6 heteroatoms. The Labute approximate surface area is 110 Å². The number of hydrogen-bond acceptors (Lipinski definition) is 3. The van der Waals surface area contributed by atoms with Gasteiger partial charge in [0.2, 0.25) is 0 Å². The molecule has 1 aromatic heterocycles. The predicted molar refractivity (Wildman–Crippen MR) is 68.0 cm³/mol. The third-order valence-corrected chi connectivity index (χ3v) is 2.93. The van der Waals surface area contributed by atoms with Crippen LogP contribution in [0.5, 0.6) is 0 Å². The molecule has 0 fully saturated rings. The van der Waals surface area contributed by atoms with E-state index in [1.807, 2.05) is 11.5 Å². The van der Waals surface area contributed by atoms with E-state index in [0.717, 1.165) is 19.0 Å². The van der Waals surface area contributed by atoms with Gasteiger partial charge in [0, 0.05) is 24.5 Å². The van der Waals surface area contributed by atoms with Crippen LogP contribution in [0.3, 0.4) is 0 Å². The summed E-state index contributed by atoms with van der Waals surface area (Å²) in [6, 6.07) is 3.33. The second-order valence-electron chi connectivity index (χ2n) is 4.22. The van der Waals surface area contributed by atoms with Crippen LogP contribution in [0.2, 0.25) is 0 Å². The van der Waals surface area contributed by atoms with Gasteiger partial charge in [0.15, 0.2) is 11.6 Å². The lowest BCUT2D eigenvalue weighted by Crippen LogP contribution is -2.32. The standard InChI is InChI=1S/C13H16F2N4/c1-2-7-19-8-6-17-13(19)12(18-16)9-4-3-5-10(14)11(9)15/h3-6,8,12,18H,2,7,16H2,1H3. The highest BCUT2D eigenvalue weighted by atomic mass is 19.2. The van der Waals surface area contributed by atoms with E-state index in [2.05, 4.69) is 10.4 Å². The highest BCUT2D eigenvalue weighted by Gasteiger charge is 2.22. The lowest BCUT2D eigenvalue weighted by atomic mass is 10.1. The van der Waals surface area contributed by atoms with E-state index < -0.39 is 17.7 Å². The maximum absolute atomic E-state index is 13.8. The molecule has 4 nitrogen and oxygen atoms in total. The molecular weight excluding hydrogens is 250 g/mol. The Kier molecular flexibility index (Phi) is 4.24. The van der Waals surface area contributed by atoms with Crippen molar-refractivity contribution >= 4 is 0 Å². The minimum absolute atomic E-state index is 0.144. The molecule has 2 rings (SSSR count). The second kappa shape index (κ2) is 5.90. The Morgan fingerprint density at radius 2 is 2.21 bits per heavy atom. The number of imidazole rings is 1. The molecule has 0 bridgehead atoms. The Hall–Kier alpha value is -1.79. The first-order chi connectivity index (χ1) is 9.19. The number of halogens is 2. The van der Waals surface area contributed by atoms with Crippen molar-refractivity contribution in [2.24, 2.45) is 5.84 Å². The predicted octanol–water partition coefficient (Wildman–Crippen LogP) is 2.12. The molecule has 0 aliphatic carbocycles. The number of nitrogens with two attached hydrogens (primary N) is 1. The van der Waals surface area contributed by atoms with Crippen molar-refractivity contribution in [1.82, 2.24) is 15.0 Å². The SMILES string of the molecule is CCCn1ccnc1C(NN)c1cccc(F)c1F. The maximum atomic E-state index is 13.8. The molecule has 0 radical (unpaired) electrons. The van der Waals surface area contributed by atoms with E-state index in [-0.39, 0.29) is 5.56 Å². The number of aryl methyl sites for hydroxylation is 1. The largest absolute Gasteiger partial charge is 0.333 e. The molecule has 2 aromatic rings. The van der Waals surface area contributed by atoms with Crippen LogP contribution in [-0.2, 0) is 6.54 Å². The molecular formula is C13H16F2N4. The van der Waals surface area contributed by atoms with Crippen LogP contribution in [-0.4, -0.2) is 9.55 Å². The first-order valence-electron chi connectivity index (χ1n) is 6.10. The molecule has 1 aromatic carbocycles. The van der Waals surface area contributed by atoms with Gasteiger partial charge in [-0.1, -0.05) is 19.1 Å². The monoisotopic (exact) mass is 266 g/mol. The average molecular weight is 266 g/mol. The molecule has 0 spiro atoms. The van der Waals surface area contributed by atoms with Gasteiger partial charge in [-0.2, -0.15) is 0 Å². The van der Waals surface area contributed by atoms with Gasteiger partial charge in [0.1, 0.15) is 11.9 Å². The topological polar surface area (TPSA) is 55.9 Å². The van der Waals surface area contributed by atoms with Crippen molar-refractivity contribution in [2.75, 3.05) is 0 Å². The fourth-order valence-electron chi connectivity index (χ4n) is 2.06. The molecule has 0 aliphatic rings. The Balaban J connectivity index is 2.44. The second-order valence-corrected chi connectivity index (χ2v) is 4.22. The van der Waals surface area contributed by atoms with Crippen LogP contribution >= 0.6 is 0 Å². The Bertz CT molecular complexity index is 553. The normalized spacial score (nSPS) is 12.6. The summed E-state index contributed by atoms with van der Waals surface area (Å²) in [5.41, 5.74) is 2.64. The van der Waals surface area contributed by atoms with Crippen molar-refractivity contribution in [3.8, 4) is 0 Å². The van der Waals surface area contributed by atoms with Gasteiger partial charge in [-0.25, -0.2) is 19.2 Å². The first kappa shape index (κ1) is 13.6. The third-order valence-electron chi connectivity index (χ3n) is 2.93. The molecule has 0 amide bonds. The highest BCUT2D eigenvalue weighted by Crippen LogP contribution is 2.24. The quantitative estimate of drug-likeness (QED) is 0.644. The van der Waals surface area contributed by atoms with Crippen molar-refractivity contribution < 1.29 is 8.78 Å². The van der Waals surface area contributed by atoms with Gasteiger partial charge in [0.05, 0.1) is 0 Å². The number of nitrogens with one attached hydrogen (secondary N) is 1. The molecule has 19 heavy (non-hydrogen) atoms. The van der Waals surface area contributed by atoms with E-state index in [9.17, 15) is 8.78 Å². The number of nitrogens with zero attached hydrogens (tertiary/aromatic N) is 2. The molecule has 1 unspecified atom stereocenters. The molecule has 0 saturated heterocycles. The van der Waals surface area contributed by atoms with Gasteiger partial charge >= 0.3 is 0 Å². The molecule has 102 valence electrons. The zero-order chi connectivity index (χ0) is 13.8. The van der Waals surface area contributed by atoms with E-state index in [0.29, 0.717) is 5.82 Å². The van der Waals surface area contributed by atoms with Crippen LogP contribution in [0.4, 0.5) is 8.78 Å². The molecule has 3 N–H and O–H groups in total. The van der Waals surface area contributed by atoms with Crippen LogP contribution in [0.1, 0.15) is 30.8 Å². The third kappa shape index (κ3) is 2.64. The summed E-state index contributed by atoms with van der Waals surface area (Å²) in [6.45, 7) is 2.77. The van der Waals surface area contributed by atoms with Crippen LogP contribution in [0.25, 0.3) is 0 Å². The van der Waals surface area contributed by atoms with Gasteiger partial charge in [-0.15, -0.1) is 0 Å². The molecule has 0 aliphatic heterocycles. The zero-order valence-corrected chi connectivity index (χ0v) is 10.6. The van der Waals surface area contributed by atoms with E-state index in [1.54, 1.807) is 12.4 Å². The van der Waals surface area contributed by atoms with Gasteiger partial charge < -0.3 is 4.57 Å². The smallest absolute Gasteiger partial charge is 0.164 e. The summed E-state index contributed by atoms with van der Waals surface area (Å²) in [4.78, 5) is 4.18. The summed E-state index contributed by atoms with van der Waals surface area (Å²) < 4.78 is 29.0.